The Morgan fingerprint density at radius 2 is 1.90 bits per heavy atom. The molecule has 0 amide bonds. The second-order valence-electron chi connectivity index (χ2n) is 4.61. The molecule has 2 aromatic carbocycles. The number of benzene rings is 2. The van der Waals surface area contributed by atoms with Gasteiger partial charge >= 0.3 is 0 Å². The van der Waals surface area contributed by atoms with Crippen LogP contribution in [0.15, 0.2) is 39.3 Å². The molecular formula is C15H10Br3IO. The molecule has 5 heteroatoms. The van der Waals surface area contributed by atoms with Gasteiger partial charge in [-0.25, -0.2) is 0 Å². The lowest BCUT2D eigenvalue weighted by molar-refractivity contribution is 0.354. The summed E-state index contributed by atoms with van der Waals surface area (Å²) in [5.74, 6) is 1.03. The van der Waals surface area contributed by atoms with Crippen LogP contribution in [0.25, 0.3) is 0 Å². The number of rotatable bonds is 2. The number of hydrogen-bond donors (Lipinski definition) is 0. The third-order valence-electron chi connectivity index (χ3n) is 3.28. The summed E-state index contributed by atoms with van der Waals surface area (Å²) in [5, 5.41) is 0. The maximum Gasteiger partial charge on any atom is 0.127 e. The van der Waals surface area contributed by atoms with Crippen molar-refractivity contribution in [1.82, 2.24) is 0 Å². The normalized spacial score (nSPS) is 14.8. The Bertz CT molecular complexity index is 672. The van der Waals surface area contributed by atoms with Gasteiger partial charge in [0.25, 0.3) is 0 Å². The molecule has 1 nitrogen and oxygen atoms in total. The fourth-order valence-corrected chi connectivity index (χ4v) is 4.90. The van der Waals surface area contributed by atoms with Crippen molar-refractivity contribution < 1.29 is 4.74 Å². The topological polar surface area (TPSA) is 9.23 Å². The molecule has 1 unspecified atom stereocenters. The lowest BCUT2D eigenvalue weighted by Gasteiger charge is -2.17. The first kappa shape index (κ1) is 15.3. The molecule has 0 fully saturated rings. The summed E-state index contributed by atoms with van der Waals surface area (Å²) in [7, 11) is 0. The Balaban J connectivity index is 2.11. The Morgan fingerprint density at radius 1 is 1.10 bits per heavy atom. The van der Waals surface area contributed by atoms with Crippen LogP contribution in [0, 0.1) is 3.57 Å². The number of hydrogen-bond acceptors (Lipinski definition) is 1. The second kappa shape index (κ2) is 6.26. The molecule has 0 aliphatic carbocycles. The van der Waals surface area contributed by atoms with Crippen LogP contribution in [-0.2, 0) is 6.42 Å². The fraction of sp³-hybridized carbons (Fsp3) is 0.200. The van der Waals surface area contributed by atoms with Crippen molar-refractivity contribution in [2.75, 3.05) is 6.61 Å². The average Bonchev–Trinajstić information content (AvgIpc) is 2.87. The molecule has 2 aromatic rings. The van der Waals surface area contributed by atoms with E-state index in [1.165, 1.54) is 20.3 Å². The van der Waals surface area contributed by atoms with Crippen LogP contribution in [0.4, 0.5) is 0 Å². The zero-order chi connectivity index (χ0) is 14.3. The molecule has 0 saturated carbocycles. The second-order valence-corrected chi connectivity index (χ2v) is 8.54. The number of ether oxygens (including phenoxy) is 1. The highest BCUT2D eigenvalue weighted by Crippen LogP contribution is 2.44. The number of fused-ring (bicyclic) bond motifs is 1. The quantitative estimate of drug-likeness (QED) is 0.306. The van der Waals surface area contributed by atoms with E-state index >= 15 is 0 Å². The average molecular weight is 573 g/mol. The molecule has 1 heterocycles. The molecule has 1 aliphatic heterocycles. The molecule has 0 bridgehead atoms. The van der Waals surface area contributed by atoms with Crippen molar-refractivity contribution in [3.63, 3.8) is 0 Å². The van der Waals surface area contributed by atoms with Gasteiger partial charge in [-0.05, 0) is 64.0 Å². The number of alkyl halides is 1. The first-order valence-corrected chi connectivity index (χ1v) is 9.68. The summed E-state index contributed by atoms with van der Waals surface area (Å²) in [6.07, 6.45) is 0.981. The molecule has 0 aromatic heterocycles. The molecule has 0 spiro atoms. The zero-order valence-electron chi connectivity index (χ0n) is 10.3. The highest BCUT2D eigenvalue weighted by molar-refractivity contribution is 14.1. The molecule has 0 saturated heterocycles. The van der Waals surface area contributed by atoms with Crippen molar-refractivity contribution in [2.45, 2.75) is 11.2 Å². The van der Waals surface area contributed by atoms with E-state index in [4.69, 9.17) is 4.74 Å². The van der Waals surface area contributed by atoms with Crippen molar-refractivity contribution in [1.29, 1.82) is 0 Å². The molecule has 0 N–H and O–H groups in total. The summed E-state index contributed by atoms with van der Waals surface area (Å²) in [6, 6.07) is 10.7. The molecular weight excluding hydrogens is 563 g/mol. The van der Waals surface area contributed by atoms with Crippen molar-refractivity contribution in [2.24, 2.45) is 0 Å². The Kier molecular flexibility index (Phi) is 4.79. The Labute approximate surface area is 157 Å². The van der Waals surface area contributed by atoms with Crippen LogP contribution >= 0.6 is 70.4 Å². The van der Waals surface area contributed by atoms with E-state index in [2.05, 4.69) is 101 Å². The van der Waals surface area contributed by atoms with E-state index in [0.717, 1.165) is 27.7 Å². The SMILES string of the molecule is Brc1cc2c(c(C(Br)c3cc(I)ccc3Br)c1)OCC2. The van der Waals surface area contributed by atoms with Gasteiger partial charge in [-0.15, -0.1) is 0 Å². The van der Waals surface area contributed by atoms with Gasteiger partial charge in [0.2, 0.25) is 0 Å². The van der Waals surface area contributed by atoms with E-state index in [9.17, 15) is 0 Å². The third kappa shape index (κ3) is 2.96. The lowest BCUT2D eigenvalue weighted by atomic mass is 10.0. The monoisotopic (exact) mass is 570 g/mol. The molecule has 104 valence electrons. The van der Waals surface area contributed by atoms with Crippen molar-refractivity contribution in [3.8, 4) is 5.75 Å². The predicted molar refractivity (Wildman–Crippen MR) is 101 cm³/mol. The minimum absolute atomic E-state index is 0.107. The Morgan fingerprint density at radius 3 is 2.70 bits per heavy atom. The van der Waals surface area contributed by atoms with Crippen LogP contribution in [0.1, 0.15) is 21.5 Å². The van der Waals surface area contributed by atoms with E-state index in [0.29, 0.717) is 0 Å². The van der Waals surface area contributed by atoms with Crippen LogP contribution in [0.3, 0.4) is 0 Å². The summed E-state index contributed by atoms with van der Waals surface area (Å²) < 4.78 is 9.25. The summed E-state index contributed by atoms with van der Waals surface area (Å²) in [6.45, 7) is 0.770. The van der Waals surface area contributed by atoms with Gasteiger partial charge in [-0.2, -0.15) is 0 Å². The van der Waals surface area contributed by atoms with E-state index in [-0.39, 0.29) is 4.83 Å². The molecule has 3 rings (SSSR count). The van der Waals surface area contributed by atoms with Crippen LogP contribution in [-0.4, -0.2) is 6.61 Å². The fourth-order valence-electron chi connectivity index (χ4n) is 2.36. The standard InChI is InChI=1S/C15H10Br3IO/c16-9-5-8-3-4-20-15(8)12(6-9)14(18)11-7-10(19)1-2-13(11)17/h1-2,5-7,14H,3-4H2. The van der Waals surface area contributed by atoms with Crippen LogP contribution in [0.2, 0.25) is 0 Å². The van der Waals surface area contributed by atoms with Gasteiger partial charge in [0, 0.05) is 24.5 Å². The van der Waals surface area contributed by atoms with Gasteiger partial charge in [-0.1, -0.05) is 47.8 Å². The maximum absolute atomic E-state index is 5.83. The molecule has 1 aliphatic rings. The smallest absolute Gasteiger partial charge is 0.127 e. The summed E-state index contributed by atoms with van der Waals surface area (Å²) in [4.78, 5) is 0.107. The van der Waals surface area contributed by atoms with Gasteiger partial charge in [0.1, 0.15) is 5.75 Å². The van der Waals surface area contributed by atoms with E-state index in [1.54, 1.807) is 0 Å². The third-order valence-corrected chi connectivity index (χ3v) is 6.12. The van der Waals surface area contributed by atoms with E-state index in [1.807, 2.05) is 0 Å². The van der Waals surface area contributed by atoms with Crippen LogP contribution in [0.5, 0.6) is 5.75 Å². The first-order valence-electron chi connectivity index (χ1n) is 6.10. The molecule has 0 radical (unpaired) electrons. The zero-order valence-corrected chi connectivity index (χ0v) is 17.2. The maximum atomic E-state index is 5.83. The largest absolute Gasteiger partial charge is 0.493 e. The van der Waals surface area contributed by atoms with Gasteiger partial charge in [-0.3, -0.25) is 0 Å². The summed E-state index contributed by atoms with van der Waals surface area (Å²) in [5.41, 5.74) is 3.67. The van der Waals surface area contributed by atoms with Gasteiger partial charge in [0.15, 0.2) is 0 Å². The number of halogens is 4. The minimum Gasteiger partial charge on any atom is -0.493 e. The summed E-state index contributed by atoms with van der Waals surface area (Å²) >= 11 is 13.4. The van der Waals surface area contributed by atoms with Gasteiger partial charge in [0.05, 0.1) is 11.4 Å². The highest BCUT2D eigenvalue weighted by atomic mass is 127. The minimum atomic E-state index is 0.107. The molecule has 20 heavy (non-hydrogen) atoms. The van der Waals surface area contributed by atoms with Gasteiger partial charge < -0.3 is 4.74 Å². The van der Waals surface area contributed by atoms with Crippen molar-refractivity contribution in [3.05, 3.63) is 59.5 Å². The molecule has 1 atom stereocenters. The first-order chi connectivity index (χ1) is 9.56. The van der Waals surface area contributed by atoms with Crippen molar-refractivity contribution >= 4 is 70.4 Å². The lowest BCUT2D eigenvalue weighted by Crippen LogP contribution is -1.98. The van der Waals surface area contributed by atoms with Crippen LogP contribution < -0.4 is 4.74 Å². The van der Waals surface area contributed by atoms with E-state index < -0.39 is 0 Å². The predicted octanol–water partition coefficient (Wildman–Crippen LogP) is 6.24. The highest BCUT2D eigenvalue weighted by Gasteiger charge is 2.24. The Hall–Kier alpha value is 0.410.